The highest BCUT2D eigenvalue weighted by molar-refractivity contribution is 5.94. The summed E-state index contributed by atoms with van der Waals surface area (Å²) in [7, 11) is 0. The number of hydrazine groups is 1. The summed E-state index contributed by atoms with van der Waals surface area (Å²) in [6, 6.07) is 2.76. The Morgan fingerprint density at radius 2 is 2.19 bits per heavy atom. The first-order chi connectivity index (χ1) is 15.2. The largest absolute Gasteiger partial charge is 0.491 e. The number of aromatic nitrogens is 2. The third kappa shape index (κ3) is 3.70. The number of halogens is 1. The fraction of sp³-hybridized carbons (Fsp3) is 0.409. The molecule has 1 aromatic heterocycles. The number of amides is 1. The van der Waals surface area contributed by atoms with Gasteiger partial charge in [0.1, 0.15) is 35.4 Å². The van der Waals surface area contributed by atoms with Crippen LogP contribution in [0.1, 0.15) is 54.6 Å². The van der Waals surface area contributed by atoms with Gasteiger partial charge < -0.3 is 25.6 Å². The number of nitrogens with one attached hydrogen (secondary N) is 2. The van der Waals surface area contributed by atoms with Crippen molar-refractivity contribution >= 4 is 11.7 Å². The molecule has 0 spiro atoms. The van der Waals surface area contributed by atoms with Crippen molar-refractivity contribution in [2.75, 3.05) is 6.61 Å². The molecule has 1 atom stereocenters. The van der Waals surface area contributed by atoms with Crippen LogP contribution in [0.4, 0.5) is 4.39 Å². The molecule has 0 radical (unpaired) electrons. The van der Waals surface area contributed by atoms with Gasteiger partial charge in [0.15, 0.2) is 11.9 Å². The molecule has 32 heavy (non-hydrogen) atoms. The molecule has 0 bridgehead atoms. The molecule has 9 nitrogen and oxygen atoms in total. The van der Waals surface area contributed by atoms with Gasteiger partial charge in [-0.25, -0.2) is 19.8 Å². The summed E-state index contributed by atoms with van der Waals surface area (Å²) in [4.78, 5) is 21.5. The fourth-order valence-electron chi connectivity index (χ4n) is 3.81. The van der Waals surface area contributed by atoms with Crippen LogP contribution in [0.3, 0.4) is 0 Å². The number of amidine groups is 1. The van der Waals surface area contributed by atoms with Gasteiger partial charge in [0, 0.05) is 12.0 Å². The van der Waals surface area contributed by atoms with Gasteiger partial charge in [0.2, 0.25) is 0 Å². The second-order valence-electron chi connectivity index (χ2n) is 8.63. The van der Waals surface area contributed by atoms with Crippen molar-refractivity contribution in [3.63, 3.8) is 0 Å². The average Bonchev–Trinajstić information content (AvgIpc) is 3.37. The van der Waals surface area contributed by atoms with Crippen LogP contribution in [-0.4, -0.2) is 38.6 Å². The zero-order chi connectivity index (χ0) is 22.6. The van der Waals surface area contributed by atoms with E-state index in [9.17, 15) is 14.3 Å². The Labute approximate surface area is 183 Å². The standard InChI is InChI=1S/C22H23FN6O3/c1-22(2,31)6-5-12-9-13-15(10-14(12)23)32-8-7-29-17(16(18(24)30)25-21(13)29)20-26-19(27-28-20)11-3-4-11/h9-11,20,28,31H,3-4,7-8H2,1-2H3,(H2,24,30)(H,26,27). The van der Waals surface area contributed by atoms with E-state index >= 15 is 0 Å². The minimum atomic E-state index is -1.28. The van der Waals surface area contributed by atoms with Crippen molar-refractivity contribution < 1.29 is 19.0 Å². The molecule has 5 rings (SSSR count). The van der Waals surface area contributed by atoms with Crippen LogP contribution in [-0.2, 0) is 6.54 Å². The molecule has 3 aliphatic rings. The summed E-state index contributed by atoms with van der Waals surface area (Å²) in [5, 5.41) is 9.88. The number of nitrogens with two attached hydrogens (primary N) is 1. The van der Waals surface area contributed by atoms with Crippen molar-refractivity contribution in [1.82, 2.24) is 20.4 Å². The van der Waals surface area contributed by atoms with Crippen molar-refractivity contribution in [2.24, 2.45) is 16.6 Å². The minimum Gasteiger partial charge on any atom is -0.491 e. The second-order valence-corrected chi connectivity index (χ2v) is 8.63. The Morgan fingerprint density at radius 1 is 1.41 bits per heavy atom. The van der Waals surface area contributed by atoms with Crippen molar-refractivity contribution in [2.45, 2.75) is 45.0 Å². The van der Waals surface area contributed by atoms with Crippen molar-refractivity contribution in [3.05, 3.63) is 34.9 Å². The zero-order valence-corrected chi connectivity index (χ0v) is 17.7. The first kappa shape index (κ1) is 20.5. The number of carbonyl (C=O) groups excluding carboxylic acids is 1. The molecule has 5 N–H and O–H groups in total. The van der Waals surface area contributed by atoms with Crippen LogP contribution in [0.2, 0.25) is 0 Å². The highest BCUT2D eigenvalue weighted by Crippen LogP contribution is 2.38. The van der Waals surface area contributed by atoms with E-state index in [1.165, 1.54) is 26.0 Å². The van der Waals surface area contributed by atoms with Gasteiger partial charge in [-0.15, -0.1) is 0 Å². The lowest BCUT2D eigenvalue weighted by Crippen LogP contribution is -2.33. The normalized spacial score (nSPS) is 19.5. The number of aliphatic imine (C=N–C) groups is 1. The molecular formula is C22H23FN6O3. The molecule has 1 saturated carbocycles. The lowest BCUT2D eigenvalue weighted by molar-refractivity contribution is 0.0994. The van der Waals surface area contributed by atoms with Gasteiger partial charge in [-0.05, 0) is 32.8 Å². The average molecular weight is 438 g/mol. The summed E-state index contributed by atoms with van der Waals surface area (Å²) in [5.74, 6) is 6.02. The lowest BCUT2D eigenvalue weighted by atomic mass is 10.1. The van der Waals surface area contributed by atoms with E-state index < -0.39 is 23.5 Å². The van der Waals surface area contributed by atoms with Gasteiger partial charge in [-0.3, -0.25) is 4.79 Å². The molecule has 10 heteroatoms. The maximum Gasteiger partial charge on any atom is 0.269 e. The van der Waals surface area contributed by atoms with Crippen LogP contribution in [0, 0.1) is 23.6 Å². The maximum absolute atomic E-state index is 14.6. The van der Waals surface area contributed by atoms with E-state index in [0.717, 1.165) is 18.7 Å². The monoisotopic (exact) mass is 438 g/mol. The highest BCUT2D eigenvalue weighted by atomic mass is 19.1. The van der Waals surface area contributed by atoms with E-state index in [4.69, 9.17) is 15.5 Å². The molecule has 1 unspecified atom stereocenters. The molecule has 1 aromatic carbocycles. The van der Waals surface area contributed by atoms with E-state index in [1.54, 1.807) is 0 Å². The van der Waals surface area contributed by atoms with Crippen LogP contribution in [0.5, 0.6) is 5.75 Å². The van der Waals surface area contributed by atoms with Crippen LogP contribution in [0.25, 0.3) is 11.4 Å². The zero-order valence-electron chi connectivity index (χ0n) is 17.7. The molecule has 3 heterocycles. The second kappa shape index (κ2) is 7.32. The van der Waals surface area contributed by atoms with E-state index in [1.807, 2.05) is 4.57 Å². The lowest BCUT2D eigenvalue weighted by Gasteiger charge is -2.13. The number of primary amides is 1. The number of rotatable bonds is 3. The number of nitrogens with zero attached hydrogens (tertiary/aromatic N) is 3. The van der Waals surface area contributed by atoms with Gasteiger partial charge in [-0.2, -0.15) is 0 Å². The first-order valence-corrected chi connectivity index (χ1v) is 10.4. The smallest absolute Gasteiger partial charge is 0.269 e. The van der Waals surface area contributed by atoms with E-state index in [-0.39, 0.29) is 17.9 Å². The molecule has 166 valence electrons. The quantitative estimate of drug-likeness (QED) is 0.534. The molecule has 1 amide bonds. The number of aliphatic hydroxyl groups is 1. The molecular weight excluding hydrogens is 415 g/mol. The SMILES string of the molecule is CC(C)(O)C#Cc1cc2c(cc1F)OCCn1c-2nc(C(N)=O)c1C1N=C(C2CC2)NN1. The number of hydrogen-bond donors (Lipinski definition) is 4. The number of ether oxygens (including phenoxy) is 1. The highest BCUT2D eigenvalue weighted by Gasteiger charge is 2.36. The number of carbonyl (C=O) groups is 1. The van der Waals surface area contributed by atoms with Crippen LogP contribution in [0.15, 0.2) is 17.1 Å². The Balaban J connectivity index is 1.65. The van der Waals surface area contributed by atoms with Crippen LogP contribution >= 0.6 is 0 Å². The van der Waals surface area contributed by atoms with E-state index in [2.05, 4.69) is 27.7 Å². The molecule has 0 saturated heterocycles. The Bertz CT molecular complexity index is 1210. The molecule has 1 fully saturated rings. The number of benzene rings is 1. The Hall–Kier alpha value is -3.42. The molecule has 2 aliphatic heterocycles. The van der Waals surface area contributed by atoms with Gasteiger partial charge in [0.05, 0.1) is 23.4 Å². The number of hydrogen-bond acceptors (Lipinski definition) is 7. The first-order valence-electron chi connectivity index (χ1n) is 10.4. The third-order valence-corrected chi connectivity index (χ3v) is 5.45. The van der Waals surface area contributed by atoms with Gasteiger partial charge in [-0.1, -0.05) is 11.8 Å². The molecule has 2 aromatic rings. The predicted molar refractivity (Wildman–Crippen MR) is 114 cm³/mol. The fourth-order valence-corrected chi connectivity index (χ4v) is 3.81. The summed E-state index contributed by atoms with van der Waals surface area (Å²) in [6.45, 7) is 3.65. The summed E-state index contributed by atoms with van der Waals surface area (Å²) >= 11 is 0. The summed E-state index contributed by atoms with van der Waals surface area (Å²) in [5.41, 5.74) is 11.8. The van der Waals surface area contributed by atoms with Gasteiger partial charge in [0.25, 0.3) is 5.91 Å². The number of fused-ring (bicyclic) bond motifs is 3. The minimum absolute atomic E-state index is 0.0859. The molecule has 1 aliphatic carbocycles. The predicted octanol–water partition coefficient (Wildman–Crippen LogP) is 1.22. The summed E-state index contributed by atoms with van der Waals surface area (Å²) < 4.78 is 22.2. The van der Waals surface area contributed by atoms with Crippen molar-refractivity contribution in [1.29, 1.82) is 0 Å². The summed E-state index contributed by atoms with van der Waals surface area (Å²) in [6.07, 6.45) is 1.62. The van der Waals surface area contributed by atoms with E-state index in [0.29, 0.717) is 35.3 Å². The maximum atomic E-state index is 14.6. The Morgan fingerprint density at radius 3 is 2.88 bits per heavy atom. The number of imidazole rings is 1. The third-order valence-electron chi connectivity index (χ3n) is 5.45. The van der Waals surface area contributed by atoms with Crippen molar-refractivity contribution in [3.8, 4) is 29.0 Å². The van der Waals surface area contributed by atoms with Crippen LogP contribution < -0.4 is 21.3 Å². The Kier molecular flexibility index (Phi) is 4.69. The topological polar surface area (TPSA) is 127 Å². The van der Waals surface area contributed by atoms with Gasteiger partial charge >= 0.3 is 0 Å².